The van der Waals surface area contributed by atoms with Crippen LogP contribution in [0.2, 0.25) is 0 Å². The van der Waals surface area contributed by atoms with E-state index < -0.39 is 0 Å². The van der Waals surface area contributed by atoms with Crippen molar-refractivity contribution in [3.8, 4) is 0 Å². The van der Waals surface area contributed by atoms with E-state index in [0.717, 1.165) is 51.8 Å². The fourth-order valence-corrected chi connectivity index (χ4v) is 2.57. The predicted molar refractivity (Wildman–Crippen MR) is 88.9 cm³/mol. The number of nitrogens with one attached hydrogen (secondary N) is 1. The van der Waals surface area contributed by atoms with Gasteiger partial charge in [0.15, 0.2) is 0 Å². The lowest BCUT2D eigenvalue weighted by Crippen LogP contribution is -2.16. The molecular formula is C17H32N2O2. The van der Waals surface area contributed by atoms with Gasteiger partial charge in [-0.25, -0.2) is 0 Å². The Balaban J connectivity index is 2.31. The van der Waals surface area contributed by atoms with E-state index in [0.29, 0.717) is 6.61 Å². The van der Waals surface area contributed by atoms with Gasteiger partial charge in [-0.3, -0.25) is 4.99 Å². The lowest BCUT2D eigenvalue weighted by molar-refractivity contribution is 0.113. The second kappa shape index (κ2) is 11.8. The van der Waals surface area contributed by atoms with Crippen LogP contribution in [0.1, 0.15) is 58.8 Å². The zero-order chi connectivity index (χ0) is 15.3. The molecule has 0 unspecified atom stereocenters. The first kappa shape index (κ1) is 18.2. The molecule has 122 valence electrons. The minimum atomic E-state index is 0.216. The SMILES string of the molecule is CCNC1=C(C)C(=NCCCCOCCCO)CCCC1. The molecule has 0 aliphatic heterocycles. The molecule has 21 heavy (non-hydrogen) atoms. The molecule has 0 amide bonds. The molecule has 0 atom stereocenters. The molecule has 1 aliphatic rings. The summed E-state index contributed by atoms with van der Waals surface area (Å²) in [6, 6.07) is 0. The van der Waals surface area contributed by atoms with Crippen LogP contribution >= 0.6 is 0 Å². The van der Waals surface area contributed by atoms with Crippen molar-refractivity contribution in [1.29, 1.82) is 0 Å². The Morgan fingerprint density at radius 2 is 1.90 bits per heavy atom. The average molecular weight is 296 g/mol. The van der Waals surface area contributed by atoms with Crippen LogP contribution in [0.15, 0.2) is 16.3 Å². The van der Waals surface area contributed by atoms with E-state index in [1.165, 1.54) is 29.8 Å². The topological polar surface area (TPSA) is 53.9 Å². The third kappa shape index (κ3) is 7.63. The normalized spacial score (nSPS) is 18.1. The third-order valence-electron chi connectivity index (χ3n) is 3.81. The highest BCUT2D eigenvalue weighted by molar-refractivity contribution is 6.00. The molecular weight excluding hydrogens is 264 g/mol. The summed E-state index contributed by atoms with van der Waals surface area (Å²) in [5.74, 6) is 0. The number of aliphatic imine (C=N–C) groups is 1. The van der Waals surface area contributed by atoms with Crippen LogP contribution in [0.25, 0.3) is 0 Å². The van der Waals surface area contributed by atoms with Crippen LogP contribution in [0.4, 0.5) is 0 Å². The first-order chi connectivity index (χ1) is 10.3. The van der Waals surface area contributed by atoms with E-state index >= 15 is 0 Å². The van der Waals surface area contributed by atoms with Crippen molar-refractivity contribution in [2.75, 3.05) is 32.9 Å². The van der Waals surface area contributed by atoms with Gasteiger partial charge in [-0.05, 0) is 64.4 Å². The van der Waals surface area contributed by atoms with Gasteiger partial charge in [0, 0.05) is 44.3 Å². The van der Waals surface area contributed by atoms with Crippen molar-refractivity contribution in [2.45, 2.75) is 58.8 Å². The van der Waals surface area contributed by atoms with Crippen LogP contribution in [0.3, 0.4) is 0 Å². The second-order valence-electron chi connectivity index (χ2n) is 5.57. The molecule has 0 heterocycles. The Bertz CT molecular complexity index is 338. The number of hydrogen-bond acceptors (Lipinski definition) is 4. The molecule has 2 N–H and O–H groups in total. The fraction of sp³-hybridized carbons (Fsp3) is 0.824. The Kier molecular flexibility index (Phi) is 10.2. The minimum absolute atomic E-state index is 0.216. The Morgan fingerprint density at radius 3 is 2.67 bits per heavy atom. The minimum Gasteiger partial charge on any atom is -0.396 e. The number of unbranched alkanes of at least 4 members (excludes halogenated alkanes) is 1. The highest BCUT2D eigenvalue weighted by Crippen LogP contribution is 2.20. The number of allylic oxidation sites excluding steroid dienone is 2. The largest absolute Gasteiger partial charge is 0.396 e. The highest BCUT2D eigenvalue weighted by atomic mass is 16.5. The van der Waals surface area contributed by atoms with Gasteiger partial charge in [-0.15, -0.1) is 0 Å². The standard InChI is InChI=1S/C17H32N2O2/c1-3-18-16-9-4-5-10-17(15(16)2)19-11-6-7-13-21-14-8-12-20/h18,20H,3-14H2,1-2H3. The van der Waals surface area contributed by atoms with Crippen molar-refractivity contribution in [1.82, 2.24) is 5.32 Å². The van der Waals surface area contributed by atoms with Crippen molar-refractivity contribution in [3.63, 3.8) is 0 Å². The van der Waals surface area contributed by atoms with Gasteiger partial charge in [0.2, 0.25) is 0 Å². The first-order valence-electron chi connectivity index (χ1n) is 8.45. The molecule has 0 aromatic rings. The van der Waals surface area contributed by atoms with E-state index in [4.69, 9.17) is 14.8 Å². The number of rotatable bonds is 10. The zero-order valence-corrected chi connectivity index (χ0v) is 13.8. The lowest BCUT2D eigenvalue weighted by Gasteiger charge is -2.11. The summed E-state index contributed by atoms with van der Waals surface area (Å²) in [4.78, 5) is 4.81. The van der Waals surface area contributed by atoms with Crippen LogP contribution < -0.4 is 5.32 Å². The number of aliphatic hydroxyl groups is 1. The smallest absolute Gasteiger partial charge is 0.0487 e. The summed E-state index contributed by atoms with van der Waals surface area (Å²) in [6.45, 7) is 7.91. The molecule has 0 fully saturated rings. The summed E-state index contributed by atoms with van der Waals surface area (Å²) >= 11 is 0. The molecule has 4 heteroatoms. The Labute approximate surface area is 129 Å². The van der Waals surface area contributed by atoms with Gasteiger partial charge in [-0.1, -0.05) is 0 Å². The first-order valence-corrected chi connectivity index (χ1v) is 8.45. The maximum atomic E-state index is 8.65. The Hall–Kier alpha value is -0.870. The lowest BCUT2D eigenvalue weighted by atomic mass is 10.1. The number of ether oxygens (including phenoxy) is 1. The van der Waals surface area contributed by atoms with Crippen LogP contribution in [0, 0.1) is 0 Å². The van der Waals surface area contributed by atoms with Gasteiger partial charge in [0.1, 0.15) is 0 Å². The van der Waals surface area contributed by atoms with Gasteiger partial charge < -0.3 is 15.2 Å². The summed E-state index contributed by atoms with van der Waals surface area (Å²) in [7, 11) is 0. The number of hydrogen-bond donors (Lipinski definition) is 2. The Morgan fingerprint density at radius 1 is 1.14 bits per heavy atom. The zero-order valence-electron chi connectivity index (χ0n) is 13.8. The second-order valence-corrected chi connectivity index (χ2v) is 5.57. The monoisotopic (exact) mass is 296 g/mol. The molecule has 0 aromatic heterocycles. The number of nitrogens with zero attached hydrogens (tertiary/aromatic N) is 1. The average Bonchev–Trinajstić information content (AvgIpc) is 2.66. The predicted octanol–water partition coefficient (Wildman–Crippen LogP) is 3.06. The summed E-state index contributed by atoms with van der Waals surface area (Å²) < 4.78 is 5.43. The van der Waals surface area contributed by atoms with E-state index in [9.17, 15) is 0 Å². The summed E-state index contributed by atoms with van der Waals surface area (Å²) in [5.41, 5.74) is 4.05. The quantitative estimate of drug-likeness (QED) is 0.609. The molecule has 0 spiro atoms. The summed E-state index contributed by atoms with van der Waals surface area (Å²) in [6.07, 6.45) is 7.65. The van der Waals surface area contributed by atoms with Crippen molar-refractivity contribution < 1.29 is 9.84 Å². The van der Waals surface area contributed by atoms with E-state index in [2.05, 4.69) is 19.2 Å². The van der Waals surface area contributed by atoms with Crippen LogP contribution in [-0.2, 0) is 4.74 Å². The van der Waals surface area contributed by atoms with Gasteiger partial charge in [0.25, 0.3) is 0 Å². The van der Waals surface area contributed by atoms with Crippen molar-refractivity contribution in [3.05, 3.63) is 11.3 Å². The van der Waals surface area contributed by atoms with Crippen LogP contribution in [0.5, 0.6) is 0 Å². The molecule has 0 aromatic carbocycles. The van der Waals surface area contributed by atoms with Gasteiger partial charge in [0.05, 0.1) is 0 Å². The molecule has 0 saturated carbocycles. The van der Waals surface area contributed by atoms with E-state index in [1.807, 2.05) is 0 Å². The van der Waals surface area contributed by atoms with Crippen molar-refractivity contribution in [2.24, 2.45) is 4.99 Å². The molecule has 0 saturated heterocycles. The molecule has 1 aliphatic carbocycles. The third-order valence-corrected chi connectivity index (χ3v) is 3.81. The molecule has 4 nitrogen and oxygen atoms in total. The summed E-state index contributed by atoms with van der Waals surface area (Å²) in [5, 5.41) is 12.1. The van der Waals surface area contributed by atoms with E-state index in [1.54, 1.807) is 0 Å². The maximum Gasteiger partial charge on any atom is 0.0487 e. The number of aliphatic hydroxyl groups excluding tert-OH is 1. The molecule has 0 bridgehead atoms. The highest BCUT2D eigenvalue weighted by Gasteiger charge is 2.12. The van der Waals surface area contributed by atoms with Gasteiger partial charge in [-0.2, -0.15) is 0 Å². The molecule has 0 radical (unpaired) electrons. The van der Waals surface area contributed by atoms with Crippen molar-refractivity contribution >= 4 is 5.71 Å². The van der Waals surface area contributed by atoms with E-state index in [-0.39, 0.29) is 6.61 Å². The maximum absolute atomic E-state index is 8.65. The fourth-order valence-electron chi connectivity index (χ4n) is 2.57. The molecule has 1 rings (SSSR count). The van der Waals surface area contributed by atoms with Gasteiger partial charge >= 0.3 is 0 Å². The van der Waals surface area contributed by atoms with Crippen LogP contribution in [-0.4, -0.2) is 43.7 Å².